The standard InChI is InChI=1S/C13H19N3O3/c1-13(5-3-7-19-13)8-16-11-10(14)9(4-6-15-11)12(17)18-2/h4,6H,3,5,7-8,14H2,1-2H3,(H,15,16). The molecule has 1 aromatic heterocycles. The van der Waals surface area contributed by atoms with E-state index in [9.17, 15) is 4.79 Å². The lowest BCUT2D eigenvalue weighted by Gasteiger charge is -2.24. The van der Waals surface area contributed by atoms with E-state index >= 15 is 0 Å². The Labute approximate surface area is 112 Å². The number of methoxy groups -OCH3 is 1. The molecule has 6 heteroatoms. The fraction of sp³-hybridized carbons (Fsp3) is 0.538. The van der Waals surface area contributed by atoms with Crippen LogP contribution in [0.25, 0.3) is 0 Å². The van der Waals surface area contributed by atoms with Crippen LogP contribution in [0.4, 0.5) is 11.5 Å². The van der Waals surface area contributed by atoms with Crippen molar-refractivity contribution < 1.29 is 14.3 Å². The Bertz CT molecular complexity index is 470. The minimum absolute atomic E-state index is 0.199. The number of nitrogens with two attached hydrogens (primary N) is 1. The number of pyridine rings is 1. The first-order valence-electron chi connectivity index (χ1n) is 6.26. The van der Waals surface area contributed by atoms with Crippen LogP contribution in [0.2, 0.25) is 0 Å². The van der Waals surface area contributed by atoms with Gasteiger partial charge in [-0.2, -0.15) is 0 Å². The van der Waals surface area contributed by atoms with Gasteiger partial charge in [0.05, 0.1) is 24.0 Å². The molecule has 19 heavy (non-hydrogen) atoms. The van der Waals surface area contributed by atoms with Crippen molar-refractivity contribution in [2.75, 3.05) is 31.3 Å². The fourth-order valence-corrected chi connectivity index (χ4v) is 2.15. The number of carbonyl (C=O) groups is 1. The van der Waals surface area contributed by atoms with E-state index < -0.39 is 5.97 Å². The Morgan fingerprint density at radius 3 is 3.11 bits per heavy atom. The van der Waals surface area contributed by atoms with Crippen LogP contribution in [-0.2, 0) is 9.47 Å². The summed E-state index contributed by atoms with van der Waals surface area (Å²) in [5.41, 5.74) is 6.34. The summed E-state index contributed by atoms with van der Waals surface area (Å²) in [4.78, 5) is 15.7. The quantitative estimate of drug-likeness (QED) is 0.801. The van der Waals surface area contributed by atoms with Gasteiger partial charge in [-0.15, -0.1) is 0 Å². The predicted molar refractivity (Wildman–Crippen MR) is 72.1 cm³/mol. The van der Waals surface area contributed by atoms with Crippen LogP contribution in [0.1, 0.15) is 30.1 Å². The Morgan fingerprint density at radius 2 is 2.47 bits per heavy atom. The van der Waals surface area contributed by atoms with Crippen molar-refractivity contribution in [3.8, 4) is 0 Å². The van der Waals surface area contributed by atoms with E-state index in [1.54, 1.807) is 6.07 Å². The van der Waals surface area contributed by atoms with E-state index in [1.807, 2.05) is 6.92 Å². The topological polar surface area (TPSA) is 86.5 Å². The number of hydrogen-bond donors (Lipinski definition) is 2. The first-order chi connectivity index (χ1) is 9.06. The summed E-state index contributed by atoms with van der Waals surface area (Å²) < 4.78 is 10.3. The number of nitrogens with zero attached hydrogens (tertiary/aromatic N) is 1. The van der Waals surface area contributed by atoms with Crippen LogP contribution < -0.4 is 11.1 Å². The van der Waals surface area contributed by atoms with Crippen molar-refractivity contribution in [3.05, 3.63) is 17.8 Å². The molecule has 0 aromatic carbocycles. The van der Waals surface area contributed by atoms with Gasteiger partial charge in [0.2, 0.25) is 0 Å². The Balaban J connectivity index is 2.10. The van der Waals surface area contributed by atoms with Crippen molar-refractivity contribution >= 4 is 17.5 Å². The average molecular weight is 265 g/mol. The number of ether oxygens (including phenoxy) is 2. The second-order valence-corrected chi connectivity index (χ2v) is 4.87. The van der Waals surface area contributed by atoms with Crippen molar-refractivity contribution in [1.82, 2.24) is 4.98 Å². The van der Waals surface area contributed by atoms with E-state index in [4.69, 9.17) is 10.5 Å². The Kier molecular flexibility index (Phi) is 3.90. The lowest BCUT2D eigenvalue weighted by atomic mass is 10.0. The molecular weight excluding hydrogens is 246 g/mol. The number of hydrogen-bond acceptors (Lipinski definition) is 6. The number of anilines is 2. The first-order valence-corrected chi connectivity index (χ1v) is 6.26. The molecule has 3 N–H and O–H groups in total. The number of aromatic nitrogens is 1. The number of nitrogens with one attached hydrogen (secondary N) is 1. The van der Waals surface area contributed by atoms with Crippen molar-refractivity contribution in [3.63, 3.8) is 0 Å². The summed E-state index contributed by atoms with van der Waals surface area (Å²) in [7, 11) is 1.32. The third kappa shape index (κ3) is 2.96. The van der Waals surface area contributed by atoms with Crippen LogP contribution in [0.15, 0.2) is 12.3 Å². The fourth-order valence-electron chi connectivity index (χ4n) is 2.15. The van der Waals surface area contributed by atoms with Gasteiger partial charge in [0.1, 0.15) is 5.82 Å². The zero-order valence-corrected chi connectivity index (χ0v) is 11.2. The third-order valence-electron chi connectivity index (χ3n) is 3.33. The molecule has 0 bridgehead atoms. The highest BCUT2D eigenvalue weighted by atomic mass is 16.5. The summed E-state index contributed by atoms with van der Waals surface area (Å²) in [5, 5.41) is 3.15. The predicted octanol–water partition coefficient (Wildman–Crippen LogP) is 1.43. The lowest BCUT2D eigenvalue weighted by Crippen LogP contribution is -2.33. The van der Waals surface area contributed by atoms with Crippen molar-refractivity contribution in [2.45, 2.75) is 25.4 Å². The number of carbonyl (C=O) groups excluding carboxylic acids is 1. The molecule has 1 aliphatic heterocycles. The highest BCUT2D eigenvalue weighted by Gasteiger charge is 2.29. The molecule has 1 fully saturated rings. The summed E-state index contributed by atoms with van der Waals surface area (Å²) in [5.74, 6) is 0.0194. The summed E-state index contributed by atoms with van der Waals surface area (Å²) in [6.07, 6.45) is 3.59. The van der Waals surface area contributed by atoms with Crippen LogP contribution in [0.5, 0.6) is 0 Å². The molecule has 0 aliphatic carbocycles. The van der Waals surface area contributed by atoms with E-state index in [-0.39, 0.29) is 5.60 Å². The molecule has 1 saturated heterocycles. The average Bonchev–Trinajstić information content (AvgIpc) is 2.84. The zero-order chi connectivity index (χ0) is 13.9. The van der Waals surface area contributed by atoms with Crippen molar-refractivity contribution in [1.29, 1.82) is 0 Å². The van der Waals surface area contributed by atoms with E-state index in [1.165, 1.54) is 13.3 Å². The van der Waals surface area contributed by atoms with Gasteiger partial charge in [-0.05, 0) is 25.8 Å². The first kappa shape index (κ1) is 13.6. The van der Waals surface area contributed by atoms with Gasteiger partial charge in [0, 0.05) is 19.3 Å². The maximum absolute atomic E-state index is 11.5. The molecule has 1 aromatic rings. The van der Waals surface area contributed by atoms with Gasteiger partial charge in [-0.1, -0.05) is 0 Å². The molecule has 0 spiro atoms. The van der Waals surface area contributed by atoms with Gasteiger partial charge in [0.25, 0.3) is 0 Å². The summed E-state index contributed by atoms with van der Waals surface area (Å²) >= 11 is 0. The van der Waals surface area contributed by atoms with Gasteiger partial charge in [-0.25, -0.2) is 9.78 Å². The molecule has 1 aliphatic rings. The molecule has 0 saturated carbocycles. The lowest BCUT2D eigenvalue weighted by molar-refractivity contribution is 0.0315. The smallest absolute Gasteiger partial charge is 0.340 e. The van der Waals surface area contributed by atoms with Gasteiger partial charge >= 0.3 is 5.97 Å². The molecule has 2 rings (SSSR count). The monoisotopic (exact) mass is 265 g/mol. The maximum Gasteiger partial charge on any atom is 0.340 e. The number of esters is 1. The van der Waals surface area contributed by atoms with Crippen LogP contribution >= 0.6 is 0 Å². The second kappa shape index (κ2) is 5.44. The van der Waals surface area contributed by atoms with Crippen molar-refractivity contribution in [2.24, 2.45) is 0 Å². The second-order valence-electron chi connectivity index (χ2n) is 4.87. The third-order valence-corrected chi connectivity index (χ3v) is 3.33. The highest BCUT2D eigenvalue weighted by Crippen LogP contribution is 2.27. The minimum atomic E-state index is -0.466. The number of nitrogen functional groups attached to an aromatic ring is 1. The molecule has 2 heterocycles. The molecular formula is C13H19N3O3. The van der Waals surface area contributed by atoms with E-state index in [0.29, 0.717) is 23.6 Å². The Hall–Kier alpha value is -1.82. The van der Waals surface area contributed by atoms with Crippen LogP contribution in [0, 0.1) is 0 Å². The van der Waals surface area contributed by atoms with Gasteiger partial charge < -0.3 is 20.5 Å². The molecule has 0 amide bonds. The number of rotatable bonds is 4. The molecule has 6 nitrogen and oxygen atoms in total. The maximum atomic E-state index is 11.5. The largest absolute Gasteiger partial charge is 0.465 e. The van der Waals surface area contributed by atoms with Gasteiger partial charge in [0.15, 0.2) is 0 Å². The summed E-state index contributed by atoms with van der Waals surface area (Å²) in [6, 6.07) is 1.54. The van der Waals surface area contributed by atoms with Crippen LogP contribution in [-0.4, -0.2) is 36.8 Å². The molecule has 1 unspecified atom stereocenters. The van der Waals surface area contributed by atoms with Gasteiger partial charge in [-0.3, -0.25) is 0 Å². The normalized spacial score (nSPS) is 22.2. The molecule has 0 radical (unpaired) electrons. The SMILES string of the molecule is COC(=O)c1ccnc(NCC2(C)CCCO2)c1N. The highest BCUT2D eigenvalue weighted by molar-refractivity contribution is 5.97. The van der Waals surface area contributed by atoms with E-state index in [0.717, 1.165) is 19.4 Å². The van der Waals surface area contributed by atoms with E-state index in [2.05, 4.69) is 15.0 Å². The minimum Gasteiger partial charge on any atom is -0.465 e. The van der Waals surface area contributed by atoms with Crippen LogP contribution in [0.3, 0.4) is 0 Å². The molecule has 1 atom stereocenters. The zero-order valence-electron chi connectivity index (χ0n) is 11.2. The molecule has 104 valence electrons. The Morgan fingerprint density at radius 1 is 1.68 bits per heavy atom. The summed E-state index contributed by atoms with van der Waals surface area (Å²) in [6.45, 7) is 3.44.